The van der Waals surface area contributed by atoms with E-state index in [-0.39, 0.29) is 0 Å². The minimum absolute atomic E-state index is 0.801. The monoisotopic (exact) mass is 237 g/mol. The molecule has 1 aliphatic heterocycles. The lowest BCUT2D eigenvalue weighted by Crippen LogP contribution is -2.00. The van der Waals surface area contributed by atoms with Crippen molar-refractivity contribution < 1.29 is 0 Å². The quantitative estimate of drug-likeness (QED) is 0.594. The van der Waals surface area contributed by atoms with Crippen molar-refractivity contribution in [1.29, 1.82) is 0 Å². The minimum Gasteiger partial charge on any atom is -0.346 e. The van der Waals surface area contributed by atoms with E-state index in [2.05, 4.69) is 29.6 Å². The molecule has 2 aromatic rings. The molecule has 1 aliphatic rings. The molecule has 0 amide bonds. The molecule has 1 nitrogen and oxygen atoms in total. The highest BCUT2D eigenvalue weighted by atomic mass is 32.1. The second-order valence-corrected chi connectivity index (χ2v) is 4.38. The van der Waals surface area contributed by atoms with E-state index in [1.165, 1.54) is 11.1 Å². The highest BCUT2D eigenvalue weighted by Gasteiger charge is 2.19. The summed E-state index contributed by atoms with van der Waals surface area (Å²) in [5, 5.41) is 3.23. The Morgan fingerprint density at radius 1 is 0.882 bits per heavy atom. The summed E-state index contributed by atoms with van der Waals surface area (Å²) in [5.41, 5.74) is 4.55. The van der Waals surface area contributed by atoms with Crippen LogP contribution in [0.2, 0.25) is 0 Å². The predicted molar refractivity (Wildman–Crippen MR) is 77.0 cm³/mol. The smallest absolute Gasteiger partial charge is 0.111 e. The topological polar surface area (TPSA) is 12.0 Å². The molecule has 0 fully saturated rings. The fourth-order valence-corrected chi connectivity index (χ4v) is 2.28. The van der Waals surface area contributed by atoms with E-state index in [1.54, 1.807) is 0 Å². The van der Waals surface area contributed by atoms with Crippen molar-refractivity contribution in [2.45, 2.75) is 0 Å². The third-order valence-corrected chi connectivity index (χ3v) is 3.14. The number of para-hydroxylation sites is 1. The zero-order valence-corrected chi connectivity index (χ0v) is 10.00. The molecule has 0 spiro atoms. The SMILES string of the molecule is S=C1Nc2ccccc2/C1=C/c1ccccc1. The Kier molecular flexibility index (Phi) is 2.50. The van der Waals surface area contributed by atoms with Crippen LogP contribution in [-0.2, 0) is 0 Å². The first-order chi connectivity index (χ1) is 8.34. The van der Waals surface area contributed by atoms with E-state index in [1.807, 2.05) is 36.4 Å². The summed E-state index contributed by atoms with van der Waals surface area (Å²) in [6.45, 7) is 0. The molecule has 1 N–H and O–H groups in total. The highest BCUT2D eigenvalue weighted by Crippen LogP contribution is 2.33. The first-order valence-corrected chi connectivity index (χ1v) is 5.93. The van der Waals surface area contributed by atoms with Crippen molar-refractivity contribution in [3.8, 4) is 0 Å². The van der Waals surface area contributed by atoms with Crippen LogP contribution in [0.25, 0.3) is 11.6 Å². The number of hydrogen-bond acceptors (Lipinski definition) is 1. The van der Waals surface area contributed by atoms with Gasteiger partial charge in [0, 0.05) is 16.8 Å². The van der Waals surface area contributed by atoms with Crippen LogP contribution in [0.5, 0.6) is 0 Å². The van der Waals surface area contributed by atoms with Gasteiger partial charge in [0.15, 0.2) is 0 Å². The molecule has 0 saturated heterocycles. The van der Waals surface area contributed by atoms with Gasteiger partial charge in [0.25, 0.3) is 0 Å². The maximum absolute atomic E-state index is 5.37. The third kappa shape index (κ3) is 1.87. The fraction of sp³-hybridized carbons (Fsp3) is 0. The maximum atomic E-state index is 5.37. The average Bonchev–Trinajstić information content (AvgIpc) is 2.68. The van der Waals surface area contributed by atoms with E-state index in [9.17, 15) is 0 Å². The van der Waals surface area contributed by atoms with Gasteiger partial charge >= 0.3 is 0 Å². The lowest BCUT2D eigenvalue weighted by Gasteiger charge is -1.99. The molecule has 0 saturated carbocycles. The zero-order chi connectivity index (χ0) is 11.7. The van der Waals surface area contributed by atoms with Crippen molar-refractivity contribution in [2.75, 3.05) is 5.32 Å². The van der Waals surface area contributed by atoms with Crippen LogP contribution in [0.1, 0.15) is 11.1 Å². The van der Waals surface area contributed by atoms with Gasteiger partial charge < -0.3 is 5.32 Å². The Labute approximate surface area is 106 Å². The summed E-state index contributed by atoms with van der Waals surface area (Å²) in [5.74, 6) is 0. The molecule has 2 aromatic carbocycles. The van der Waals surface area contributed by atoms with Crippen LogP contribution >= 0.6 is 12.2 Å². The predicted octanol–water partition coefficient (Wildman–Crippen LogP) is 3.98. The molecule has 17 heavy (non-hydrogen) atoms. The van der Waals surface area contributed by atoms with Gasteiger partial charge in [-0.2, -0.15) is 0 Å². The van der Waals surface area contributed by atoms with E-state index < -0.39 is 0 Å². The van der Waals surface area contributed by atoms with Gasteiger partial charge in [-0.05, 0) is 17.7 Å². The lowest BCUT2D eigenvalue weighted by atomic mass is 10.0. The van der Waals surface area contributed by atoms with Gasteiger partial charge in [0.05, 0.1) is 0 Å². The summed E-state index contributed by atoms with van der Waals surface area (Å²) in [6.07, 6.45) is 2.13. The van der Waals surface area contributed by atoms with Crippen molar-refractivity contribution in [3.63, 3.8) is 0 Å². The van der Waals surface area contributed by atoms with Crippen LogP contribution in [0.3, 0.4) is 0 Å². The minimum atomic E-state index is 0.801. The van der Waals surface area contributed by atoms with Crippen molar-refractivity contribution >= 4 is 34.5 Å². The number of benzene rings is 2. The van der Waals surface area contributed by atoms with E-state index in [4.69, 9.17) is 12.2 Å². The molecule has 0 aliphatic carbocycles. The average molecular weight is 237 g/mol. The molecular weight excluding hydrogens is 226 g/mol. The molecule has 1 heterocycles. The van der Waals surface area contributed by atoms with E-state index in [0.717, 1.165) is 16.2 Å². The molecule has 3 rings (SSSR count). The Hall–Kier alpha value is -1.93. The van der Waals surface area contributed by atoms with Gasteiger partial charge in [-0.25, -0.2) is 0 Å². The number of anilines is 1. The van der Waals surface area contributed by atoms with Crippen LogP contribution in [-0.4, -0.2) is 4.99 Å². The first-order valence-electron chi connectivity index (χ1n) is 5.52. The van der Waals surface area contributed by atoms with Crippen molar-refractivity contribution in [3.05, 3.63) is 65.7 Å². The number of thiocarbonyl (C=S) groups is 1. The number of nitrogens with one attached hydrogen (secondary N) is 1. The maximum Gasteiger partial charge on any atom is 0.111 e. The molecule has 0 radical (unpaired) electrons. The Morgan fingerprint density at radius 3 is 2.41 bits per heavy atom. The molecule has 82 valence electrons. The normalized spacial score (nSPS) is 15.8. The van der Waals surface area contributed by atoms with Crippen LogP contribution in [0.15, 0.2) is 54.6 Å². The molecule has 0 unspecified atom stereocenters. The van der Waals surface area contributed by atoms with Gasteiger partial charge in [0.2, 0.25) is 0 Å². The van der Waals surface area contributed by atoms with Crippen LogP contribution < -0.4 is 5.32 Å². The Morgan fingerprint density at radius 2 is 1.59 bits per heavy atom. The summed E-state index contributed by atoms with van der Waals surface area (Å²) in [6, 6.07) is 18.4. The molecule has 2 heteroatoms. The van der Waals surface area contributed by atoms with Crippen molar-refractivity contribution in [2.24, 2.45) is 0 Å². The van der Waals surface area contributed by atoms with Gasteiger partial charge in [0.1, 0.15) is 4.99 Å². The summed E-state index contributed by atoms with van der Waals surface area (Å²) >= 11 is 5.37. The van der Waals surface area contributed by atoms with Gasteiger partial charge in [-0.3, -0.25) is 0 Å². The van der Waals surface area contributed by atoms with Gasteiger partial charge in [-0.15, -0.1) is 0 Å². The first kappa shape index (κ1) is 10.2. The summed E-state index contributed by atoms with van der Waals surface area (Å²) < 4.78 is 0. The molecule has 0 atom stereocenters. The van der Waals surface area contributed by atoms with Crippen molar-refractivity contribution in [1.82, 2.24) is 0 Å². The largest absolute Gasteiger partial charge is 0.346 e. The van der Waals surface area contributed by atoms with Crippen LogP contribution in [0.4, 0.5) is 5.69 Å². The number of fused-ring (bicyclic) bond motifs is 1. The standard InChI is InChI=1S/C15H11NS/c17-15-13(10-11-6-2-1-3-7-11)12-8-4-5-9-14(12)16-15/h1-10H,(H,16,17)/b13-10-. The van der Waals surface area contributed by atoms with Gasteiger partial charge in [-0.1, -0.05) is 60.7 Å². The summed E-state index contributed by atoms with van der Waals surface area (Å²) in [4.78, 5) is 0.801. The number of rotatable bonds is 1. The second-order valence-electron chi connectivity index (χ2n) is 3.97. The molecule has 0 bridgehead atoms. The molecular formula is C15H11NS. The Bertz CT molecular complexity index is 599. The van der Waals surface area contributed by atoms with E-state index in [0.29, 0.717) is 0 Å². The summed E-state index contributed by atoms with van der Waals surface area (Å²) in [7, 11) is 0. The van der Waals surface area contributed by atoms with Crippen LogP contribution in [0, 0.1) is 0 Å². The Balaban J connectivity index is 2.10. The van der Waals surface area contributed by atoms with E-state index >= 15 is 0 Å². The number of hydrogen-bond donors (Lipinski definition) is 1. The zero-order valence-electron chi connectivity index (χ0n) is 9.18. The molecule has 0 aromatic heterocycles. The fourth-order valence-electron chi connectivity index (χ4n) is 2.00. The lowest BCUT2D eigenvalue weighted by molar-refractivity contribution is 1.64. The second kappa shape index (κ2) is 4.15. The highest BCUT2D eigenvalue weighted by molar-refractivity contribution is 7.81. The third-order valence-electron chi connectivity index (χ3n) is 2.82.